The second-order valence-corrected chi connectivity index (χ2v) is 4.98. The van der Waals surface area contributed by atoms with E-state index in [9.17, 15) is 9.90 Å². The molecule has 1 N–H and O–H groups in total. The average molecular weight is 268 g/mol. The van der Waals surface area contributed by atoms with Crippen LogP contribution in [0.5, 0.6) is 0 Å². The summed E-state index contributed by atoms with van der Waals surface area (Å²) in [5, 5.41) is 13.2. The van der Waals surface area contributed by atoms with Crippen molar-refractivity contribution in [3.63, 3.8) is 0 Å². The van der Waals surface area contributed by atoms with E-state index in [0.29, 0.717) is 31.2 Å². The third kappa shape index (κ3) is 3.53. The summed E-state index contributed by atoms with van der Waals surface area (Å²) in [6.07, 6.45) is 5.03. The minimum Gasteiger partial charge on any atom is -0.481 e. The first-order valence-corrected chi connectivity index (χ1v) is 6.76. The second-order valence-electron chi connectivity index (χ2n) is 4.98. The molecule has 0 amide bonds. The number of aromatic nitrogens is 2. The molecule has 1 aromatic rings. The van der Waals surface area contributed by atoms with Gasteiger partial charge in [-0.05, 0) is 19.3 Å². The molecule has 2 atom stereocenters. The zero-order chi connectivity index (χ0) is 13.7. The fourth-order valence-corrected chi connectivity index (χ4v) is 2.62. The Bertz CT molecular complexity index is 419. The van der Waals surface area contributed by atoms with Gasteiger partial charge in [0.25, 0.3) is 0 Å². The molecule has 2 rings (SSSR count). The summed E-state index contributed by atoms with van der Waals surface area (Å²) in [6.45, 7) is 0.658. The smallest absolute Gasteiger partial charge is 0.307 e. The Morgan fingerprint density at radius 3 is 3.00 bits per heavy atom. The van der Waals surface area contributed by atoms with Crippen molar-refractivity contribution >= 4 is 5.97 Å². The second kappa shape index (κ2) is 6.65. The van der Waals surface area contributed by atoms with Gasteiger partial charge in [-0.3, -0.25) is 4.79 Å². The number of aliphatic carboxylic acids is 1. The van der Waals surface area contributed by atoms with Gasteiger partial charge < -0.3 is 14.4 Å². The molecule has 1 aromatic heterocycles. The van der Waals surface area contributed by atoms with Crippen molar-refractivity contribution in [3.05, 3.63) is 11.7 Å². The fourth-order valence-electron chi connectivity index (χ4n) is 2.62. The molecule has 19 heavy (non-hydrogen) atoms. The molecule has 106 valence electrons. The van der Waals surface area contributed by atoms with Crippen molar-refractivity contribution in [3.8, 4) is 0 Å². The summed E-state index contributed by atoms with van der Waals surface area (Å²) < 4.78 is 10.2. The molecule has 2 unspecified atom stereocenters. The Kier molecular flexibility index (Phi) is 4.90. The van der Waals surface area contributed by atoms with Gasteiger partial charge >= 0.3 is 5.97 Å². The summed E-state index contributed by atoms with van der Waals surface area (Å²) >= 11 is 0. The van der Waals surface area contributed by atoms with Gasteiger partial charge in [-0.2, -0.15) is 4.98 Å². The van der Waals surface area contributed by atoms with E-state index in [2.05, 4.69) is 10.1 Å². The molecule has 1 aliphatic carbocycles. The summed E-state index contributed by atoms with van der Waals surface area (Å²) in [6, 6.07) is 0. The molecule has 1 aliphatic rings. The maximum absolute atomic E-state index is 11.2. The number of ether oxygens (including phenoxy) is 1. The first kappa shape index (κ1) is 14.0. The number of carboxylic acid groups (broad SMARTS) is 1. The van der Waals surface area contributed by atoms with E-state index < -0.39 is 5.97 Å². The van der Waals surface area contributed by atoms with Crippen molar-refractivity contribution in [2.45, 2.75) is 44.4 Å². The molecule has 1 saturated carbocycles. The van der Waals surface area contributed by atoms with E-state index in [-0.39, 0.29) is 11.8 Å². The van der Waals surface area contributed by atoms with Crippen LogP contribution in [0.4, 0.5) is 0 Å². The highest BCUT2D eigenvalue weighted by molar-refractivity contribution is 5.71. The zero-order valence-electron chi connectivity index (χ0n) is 11.2. The van der Waals surface area contributed by atoms with Crippen LogP contribution in [0.25, 0.3) is 0 Å². The van der Waals surface area contributed by atoms with Gasteiger partial charge in [-0.1, -0.05) is 18.0 Å². The van der Waals surface area contributed by atoms with Gasteiger partial charge in [-0.25, -0.2) is 0 Å². The Morgan fingerprint density at radius 2 is 2.26 bits per heavy atom. The van der Waals surface area contributed by atoms with Crippen molar-refractivity contribution in [2.75, 3.05) is 13.7 Å². The minimum atomic E-state index is -0.760. The predicted octanol–water partition coefficient (Wildman–Crippen LogP) is 2.01. The highest BCUT2D eigenvalue weighted by Gasteiger charge is 2.35. The van der Waals surface area contributed by atoms with E-state index in [1.807, 2.05) is 0 Å². The van der Waals surface area contributed by atoms with Crippen LogP contribution in [0, 0.1) is 5.92 Å². The quantitative estimate of drug-likeness (QED) is 0.794. The molecule has 0 radical (unpaired) electrons. The highest BCUT2D eigenvalue weighted by Crippen LogP contribution is 2.37. The van der Waals surface area contributed by atoms with Crippen LogP contribution in [0.3, 0.4) is 0 Å². The van der Waals surface area contributed by atoms with Crippen LogP contribution in [-0.2, 0) is 16.0 Å². The number of rotatable bonds is 6. The van der Waals surface area contributed by atoms with Crippen LogP contribution in [0.1, 0.15) is 49.7 Å². The van der Waals surface area contributed by atoms with Crippen LogP contribution in [0.15, 0.2) is 4.52 Å². The minimum absolute atomic E-state index is 0.130. The average Bonchev–Trinajstić information content (AvgIpc) is 2.88. The number of aryl methyl sites for hydroxylation is 1. The Balaban J connectivity index is 2.01. The summed E-state index contributed by atoms with van der Waals surface area (Å²) in [4.78, 5) is 15.6. The van der Waals surface area contributed by atoms with Crippen molar-refractivity contribution in [1.29, 1.82) is 0 Å². The lowest BCUT2D eigenvalue weighted by atomic mass is 9.79. The SMILES string of the molecule is COCCCc1noc(C2CCCCC2C(=O)O)n1. The van der Waals surface area contributed by atoms with Gasteiger partial charge in [0.1, 0.15) is 0 Å². The fraction of sp³-hybridized carbons (Fsp3) is 0.769. The third-order valence-corrected chi connectivity index (χ3v) is 3.63. The van der Waals surface area contributed by atoms with E-state index in [1.54, 1.807) is 7.11 Å². The lowest BCUT2D eigenvalue weighted by Gasteiger charge is -2.25. The van der Waals surface area contributed by atoms with Gasteiger partial charge in [0, 0.05) is 20.1 Å². The molecule has 0 saturated heterocycles. The van der Waals surface area contributed by atoms with E-state index >= 15 is 0 Å². The largest absolute Gasteiger partial charge is 0.481 e. The summed E-state index contributed by atoms with van der Waals surface area (Å²) in [5.41, 5.74) is 0. The Hall–Kier alpha value is -1.43. The predicted molar refractivity (Wildman–Crippen MR) is 66.8 cm³/mol. The van der Waals surface area contributed by atoms with Crippen LogP contribution in [-0.4, -0.2) is 34.9 Å². The molecular weight excluding hydrogens is 248 g/mol. The standard InChI is InChI=1S/C13H20N2O4/c1-18-8-4-7-11-14-12(19-15-11)9-5-2-3-6-10(9)13(16)17/h9-10H,2-8H2,1H3,(H,16,17). The highest BCUT2D eigenvalue weighted by atomic mass is 16.5. The third-order valence-electron chi connectivity index (χ3n) is 3.63. The molecule has 1 heterocycles. The molecule has 1 fully saturated rings. The zero-order valence-corrected chi connectivity index (χ0v) is 11.2. The van der Waals surface area contributed by atoms with Gasteiger partial charge in [0.05, 0.1) is 11.8 Å². The maximum atomic E-state index is 11.2. The topological polar surface area (TPSA) is 85.5 Å². The van der Waals surface area contributed by atoms with Gasteiger partial charge in [-0.15, -0.1) is 0 Å². The van der Waals surface area contributed by atoms with Crippen LogP contribution >= 0.6 is 0 Å². The normalized spacial score (nSPS) is 23.4. The molecule has 6 nitrogen and oxygen atoms in total. The summed E-state index contributed by atoms with van der Waals surface area (Å²) in [7, 11) is 1.65. The molecule has 0 bridgehead atoms. The van der Waals surface area contributed by atoms with Gasteiger partial charge in [0.15, 0.2) is 5.82 Å². The number of nitrogens with zero attached hydrogens (tertiary/aromatic N) is 2. The maximum Gasteiger partial charge on any atom is 0.307 e. The number of methoxy groups -OCH3 is 1. The molecule has 0 aromatic carbocycles. The first-order chi connectivity index (χ1) is 9.22. The number of carbonyl (C=O) groups is 1. The van der Waals surface area contributed by atoms with Crippen LogP contribution in [0.2, 0.25) is 0 Å². The number of hydrogen-bond donors (Lipinski definition) is 1. The Labute approximate surface area is 112 Å². The van der Waals surface area contributed by atoms with E-state index in [1.165, 1.54) is 0 Å². The lowest BCUT2D eigenvalue weighted by molar-refractivity contribution is -0.143. The first-order valence-electron chi connectivity index (χ1n) is 6.76. The van der Waals surface area contributed by atoms with Crippen molar-refractivity contribution < 1.29 is 19.2 Å². The van der Waals surface area contributed by atoms with E-state index in [4.69, 9.17) is 9.26 Å². The lowest BCUT2D eigenvalue weighted by Crippen LogP contribution is -2.25. The van der Waals surface area contributed by atoms with Crippen molar-refractivity contribution in [2.24, 2.45) is 5.92 Å². The van der Waals surface area contributed by atoms with Crippen LogP contribution < -0.4 is 0 Å². The molecule has 0 aliphatic heterocycles. The summed E-state index contributed by atoms with van der Waals surface area (Å²) in [5.74, 6) is -0.152. The van der Waals surface area contributed by atoms with E-state index in [0.717, 1.165) is 25.7 Å². The monoisotopic (exact) mass is 268 g/mol. The molecule has 6 heteroatoms. The molecular formula is C13H20N2O4. The van der Waals surface area contributed by atoms with Gasteiger partial charge in [0.2, 0.25) is 5.89 Å². The number of hydrogen-bond acceptors (Lipinski definition) is 5. The Morgan fingerprint density at radius 1 is 1.47 bits per heavy atom. The molecule has 0 spiro atoms. The van der Waals surface area contributed by atoms with Crippen molar-refractivity contribution in [1.82, 2.24) is 10.1 Å². The number of carboxylic acids is 1.